The second kappa shape index (κ2) is 6.65. The predicted molar refractivity (Wildman–Crippen MR) is 66.7 cm³/mol. The maximum atomic E-state index is 12.0. The highest BCUT2D eigenvalue weighted by atomic mass is 32.2. The predicted octanol–water partition coefficient (Wildman–Crippen LogP) is -0.474. The second-order valence-electron chi connectivity index (χ2n) is 4.59. The minimum atomic E-state index is -3.42. The zero-order valence-electron chi connectivity index (χ0n) is 10.6. The molecule has 0 bridgehead atoms. The Balaban J connectivity index is 2.55. The lowest BCUT2D eigenvalue weighted by Crippen LogP contribution is -2.51. The van der Waals surface area contributed by atoms with Gasteiger partial charge in [0.1, 0.15) is 0 Å². The van der Waals surface area contributed by atoms with Crippen LogP contribution in [0.1, 0.15) is 19.8 Å². The lowest BCUT2D eigenvalue weighted by atomic mass is 10.0. The Bertz CT molecular complexity index is 313. The van der Waals surface area contributed by atoms with E-state index in [2.05, 4.69) is 11.6 Å². The molecule has 0 aliphatic carbocycles. The fraction of sp³-hybridized carbons (Fsp3) is 1.00. The highest BCUT2D eigenvalue weighted by Crippen LogP contribution is 2.18. The van der Waals surface area contributed by atoms with Crippen molar-refractivity contribution in [1.82, 2.24) is 9.03 Å². The molecular weight excluding hydrogens is 242 g/mol. The van der Waals surface area contributed by atoms with Crippen LogP contribution >= 0.6 is 0 Å². The van der Waals surface area contributed by atoms with Gasteiger partial charge in [0, 0.05) is 26.7 Å². The van der Waals surface area contributed by atoms with Gasteiger partial charge >= 0.3 is 0 Å². The first-order chi connectivity index (χ1) is 7.99. The Morgan fingerprint density at radius 1 is 1.47 bits per heavy atom. The molecule has 0 spiro atoms. The van der Waals surface area contributed by atoms with E-state index in [0.29, 0.717) is 25.6 Å². The Labute approximate surface area is 104 Å². The van der Waals surface area contributed by atoms with Crippen LogP contribution in [0, 0.1) is 5.92 Å². The van der Waals surface area contributed by atoms with Gasteiger partial charge in [-0.25, -0.2) is 0 Å². The minimum absolute atomic E-state index is 0.233. The summed E-state index contributed by atoms with van der Waals surface area (Å²) in [6.45, 7) is 3.84. The summed E-state index contributed by atoms with van der Waals surface area (Å²) in [6, 6.07) is -0.357. The van der Waals surface area contributed by atoms with E-state index in [9.17, 15) is 8.42 Å². The van der Waals surface area contributed by atoms with Gasteiger partial charge in [0.2, 0.25) is 0 Å². The summed E-state index contributed by atoms with van der Waals surface area (Å²) in [7, 11) is -1.89. The van der Waals surface area contributed by atoms with Crippen molar-refractivity contribution >= 4 is 10.2 Å². The summed E-state index contributed by atoms with van der Waals surface area (Å²) < 4.78 is 33.1. The Hall–Kier alpha value is -0.210. The molecule has 7 heteroatoms. The molecule has 17 heavy (non-hydrogen) atoms. The topological polar surface area (TPSA) is 84.7 Å². The summed E-state index contributed by atoms with van der Waals surface area (Å²) in [4.78, 5) is 0. The van der Waals surface area contributed by atoms with Crippen LogP contribution in [-0.2, 0) is 14.9 Å². The van der Waals surface area contributed by atoms with E-state index in [1.54, 1.807) is 0 Å². The van der Waals surface area contributed by atoms with Crippen molar-refractivity contribution in [3.63, 3.8) is 0 Å². The minimum Gasteiger partial charge on any atom is -0.383 e. The van der Waals surface area contributed by atoms with E-state index >= 15 is 0 Å². The molecule has 0 aromatic rings. The summed E-state index contributed by atoms with van der Waals surface area (Å²) in [6.07, 6.45) is 1.83. The fourth-order valence-electron chi connectivity index (χ4n) is 1.86. The summed E-state index contributed by atoms with van der Waals surface area (Å²) in [5, 5.41) is 0. The van der Waals surface area contributed by atoms with Crippen LogP contribution in [-0.4, -0.2) is 52.1 Å². The van der Waals surface area contributed by atoms with Gasteiger partial charge in [-0.3, -0.25) is 0 Å². The van der Waals surface area contributed by atoms with Crippen LogP contribution in [0.3, 0.4) is 0 Å². The third kappa shape index (κ3) is 4.51. The van der Waals surface area contributed by atoms with Crippen LogP contribution in [0.5, 0.6) is 0 Å². The molecule has 0 aromatic heterocycles. The van der Waals surface area contributed by atoms with Crippen molar-refractivity contribution in [2.75, 3.05) is 33.4 Å². The molecule has 1 rings (SSSR count). The lowest BCUT2D eigenvalue weighted by Gasteiger charge is -2.30. The normalized spacial score (nSPS) is 21.6. The molecule has 1 atom stereocenters. The SMILES string of the molecule is COCC(CN)NS(=O)(=O)N1CCC(C)CC1. The van der Waals surface area contributed by atoms with Gasteiger partial charge in [0.15, 0.2) is 0 Å². The molecule has 1 aliphatic heterocycles. The van der Waals surface area contributed by atoms with E-state index in [1.165, 1.54) is 11.4 Å². The average Bonchev–Trinajstić information content (AvgIpc) is 2.28. The first-order valence-corrected chi connectivity index (χ1v) is 7.40. The first-order valence-electron chi connectivity index (χ1n) is 5.96. The van der Waals surface area contributed by atoms with E-state index in [0.717, 1.165) is 12.8 Å². The summed E-state index contributed by atoms with van der Waals surface area (Å²) >= 11 is 0. The number of rotatable bonds is 6. The van der Waals surface area contributed by atoms with Gasteiger partial charge in [-0.15, -0.1) is 0 Å². The van der Waals surface area contributed by atoms with E-state index in [-0.39, 0.29) is 12.6 Å². The van der Waals surface area contributed by atoms with Gasteiger partial charge in [-0.1, -0.05) is 6.92 Å². The third-order valence-corrected chi connectivity index (χ3v) is 4.73. The molecule has 3 N–H and O–H groups in total. The zero-order valence-corrected chi connectivity index (χ0v) is 11.4. The zero-order chi connectivity index (χ0) is 12.9. The molecule has 1 fully saturated rings. The maximum Gasteiger partial charge on any atom is 0.279 e. The number of nitrogens with two attached hydrogens (primary N) is 1. The van der Waals surface area contributed by atoms with E-state index in [1.807, 2.05) is 0 Å². The van der Waals surface area contributed by atoms with Crippen LogP contribution in [0.2, 0.25) is 0 Å². The average molecular weight is 265 g/mol. The van der Waals surface area contributed by atoms with Crippen molar-refractivity contribution in [3.05, 3.63) is 0 Å². The number of piperidine rings is 1. The van der Waals surface area contributed by atoms with Gasteiger partial charge in [0.25, 0.3) is 10.2 Å². The van der Waals surface area contributed by atoms with Crippen LogP contribution in [0.25, 0.3) is 0 Å². The second-order valence-corrected chi connectivity index (χ2v) is 6.29. The number of methoxy groups -OCH3 is 1. The Morgan fingerprint density at radius 2 is 2.06 bits per heavy atom. The van der Waals surface area contributed by atoms with Crippen molar-refractivity contribution in [2.24, 2.45) is 11.7 Å². The Kier molecular flexibility index (Phi) is 5.81. The molecule has 1 unspecified atom stereocenters. The molecule has 1 aliphatic rings. The highest BCUT2D eigenvalue weighted by molar-refractivity contribution is 7.87. The van der Waals surface area contributed by atoms with Crippen molar-refractivity contribution in [1.29, 1.82) is 0 Å². The number of ether oxygens (including phenoxy) is 1. The fourth-order valence-corrected chi connectivity index (χ4v) is 3.29. The van der Waals surface area contributed by atoms with Gasteiger partial charge in [-0.2, -0.15) is 17.4 Å². The van der Waals surface area contributed by atoms with E-state index < -0.39 is 10.2 Å². The molecule has 1 heterocycles. The highest BCUT2D eigenvalue weighted by Gasteiger charge is 2.28. The number of nitrogens with one attached hydrogen (secondary N) is 1. The molecular formula is C10H23N3O3S. The molecule has 0 aromatic carbocycles. The van der Waals surface area contributed by atoms with Gasteiger partial charge in [-0.05, 0) is 18.8 Å². The smallest absolute Gasteiger partial charge is 0.279 e. The summed E-state index contributed by atoms with van der Waals surface area (Å²) in [5.41, 5.74) is 5.49. The van der Waals surface area contributed by atoms with Crippen molar-refractivity contribution in [2.45, 2.75) is 25.8 Å². The number of hydrogen-bond acceptors (Lipinski definition) is 4. The Morgan fingerprint density at radius 3 is 2.53 bits per heavy atom. The van der Waals surface area contributed by atoms with Gasteiger partial charge < -0.3 is 10.5 Å². The molecule has 6 nitrogen and oxygen atoms in total. The maximum absolute atomic E-state index is 12.0. The third-order valence-electron chi connectivity index (χ3n) is 3.05. The molecule has 0 saturated carbocycles. The first kappa shape index (κ1) is 14.8. The monoisotopic (exact) mass is 265 g/mol. The standard InChI is InChI=1S/C10H23N3O3S/c1-9-3-5-13(6-4-9)17(14,15)12-10(7-11)8-16-2/h9-10,12H,3-8,11H2,1-2H3. The molecule has 0 radical (unpaired) electrons. The van der Waals surface area contributed by atoms with Crippen LogP contribution in [0.4, 0.5) is 0 Å². The largest absolute Gasteiger partial charge is 0.383 e. The van der Waals surface area contributed by atoms with E-state index in [4.69, 9.17) is 10.5 Å². The molecule has 1 saturated heterocycles. The number of hydrogen-bond donors (Lipinski definition) is 2. The van der Waals surface area contributed by atoms with Crippen molar-refractivity contribution in [3.8, 4) is 0 Å². The lowest BCUT2D eigenvalue weighted by molar-refractivity contribution is 0.175. The van der Waals surface area contributed by atoms with Crippen LogP contribution in [0.15, 0.2) is 0 Å². The number of nitrogens with zero attached hydrogens (tertiary/aromatic N) is 1. The van der Waals surface area contributed by atoms with Crippen molar-refractivity contribution < 1.29 is 13.2 Å². The molecule has 102 valence electrons. The summed E-state index contributed by atoms with van der Waals surface area (Å²) in [5.74, 6) is 0.603. The molecule has 0 amide bonds. The van der Waals surface area contributed by atoms with Crippen LogP contribution < -0.4 is 10.5 Å². The van der Waals surface area contributed by atoms with Gasteiger partial charge in [0.05, 0.1) is 12.6 Å². The quantitative estimate of drug-likeness (QED) is 0.680.